The van der Waals surface area contributed by atoms with E-state index in [0.717, 1.165) is 45.3 Å². The quantitative estimate of drug-likeness (QED) is 0.771. The number of Topliss-reactive ketones (excluding diaryl/α,β-unsaturated/α-hetero) is 1. The highest BCUT2D eigenvalue weighted by atomic mass is 16.5. The van der Waals surface area contributed by atoms with Crippen molar-refractivity contribution in [3.63, 3.8) is 0 Å². The van der Waals surface area contributed by atoms with E-state index in [1.54, 1.807) is 0 Å². The molecule has 0 N–H and O–H groups in total. The van der Waals surface area contributed by atoms with Crippen molar-refractivity contribution in [3.8, 4) is 0 Å². The highest BCUT2D eigenvalue weighted by Crippen LogP contribution is 2.42. The van der Waals surface area contributed by atoms with Crippen LogP contribution in [0.3, 0.4) is 0 Å². The van der Waals surface area contributed by atoms with E-state index >= 15 is 0 Å². The number of hydrogen-bond acceptors (Lipinski definition) is 3. The van der Waals surface area contributed by atoms with Gasteiger partial charge < -0.3 is 9.47 Å². The lowest BCUT2D eigenvalue weighted by Gasteiger charge is -2.43. The fraction of sp³-hybridized carbons (Fsp3) is 0.944. The van der Waals surface area contributed by atoms with Crippen LogP contribution < -0.4 is 0 Å². The third-order valence-corrected chi connectivity index (χ3v) is 5.80. The SMILES string of the molecule is CCOC1CC(CC(=O)C2CCOC3(CCCCC3)C2)C1. The lowest BCUT2D eigenvalue weighted by atomic mass is 9.72. The first-order valence-corrected chi connectivity index (χ1v) is 8.99. The maximum Gasteiger partial charge on any atom is 0.136 e. The summed E-state index contributed by atoms with van der Waals surface area (Å²) in [5, 5.41) is 0. The number of carbonyl (C=O) groups is 1. The topological polar surface area (TPSA) is 35.5 Å². The standard InChI is InChI=1S/C18H30O3/c1-2-20-16-10-14(11-16)12-17(19)15-6-9-21-18(13-15)7-4-3-5-8-18/h14-16H,2-13H2,1H3. The maximum atomic E-state index is 12.6. The number of carbonyl (C=O) groups excluding carboxylic acids is 1. The van der Waals surface area contributed by atoms with Crippen molar-refractivity contribution in [2.45, 2.75) is 82.8 Å². The summed E-state index contributed by atoms with van der Waals surface area (Å²) in [5.74, 6) is 1.35. The summed E-state index contributed by atoms with van der Waals surface area (Å²) in [6.45, 7) is 3.64. The second-order valence-electron chi connectivity index (χ2n) is 7.37. The summed E-state index contributed by atoms with van der Waals surface area (Å²) < 4.78 is 11.7. The highest BCUT2D eigenvalue weighted by molar-refractivity contribution is 5.81. The number of ketones is 1. The fourth-order valence-electron chi connectivity index (χ4n) is 4.51. The Morgan fingerprint density at radius 2 is 2.00 bits per heavy atom. The average molecular weight is 294 g/mol. The van der Waals surface area contributed by atoms with Crippen LogP contribution in [0.15, 0.2) is 0 Å². The van der Waals surface area contributed by atoms with Gasteiger partial charge in [0.15, 0.2) is 0 Å². The third-order valence-electron chi connectivity index (χ3n) is 5.80. The number of rotatable bonds is 5. The molecule has 3 rings (SSSR count). The van der Waals surface area contributed by atoms with Crippen molar-refractivity contribution < 1.29 is 14.3 Å². The van der Waals surface area contributed by atoms with E-state index < -0.39 is 0 Å². The van der Waals surface area contributed by atoms with Gasteiger partial charge in [-0.2, -0.15) is 0 Å². The van der Waals surface area contributed by atoms with Gasteiger partial charge in [-0.05, 0) is 51.4 Å². The molecule has 1 atom stereocenters. The Morgan fingerprint density at radius 1 is 1.24 bits per heavy atom. The van der Waals surface area contributed by atoms with Gasteiger partial charge in [-0.1, -0.05) is 19.3 Å². The number of ether oxygens (including phenoxy) is 2. The molecule has 1 unspecified atom stereocenters. The molecular formula is C18H30O3. The van der Waals surface area contributed by atoms with Crippen molar-refractivity contribution in [2.75, 3.05) is 13.2 Å². The van der Waals surface area contributed by atoms with E-state index in [9.17, 15) is 4.79 Å². The molecule has 1 spiro atoms. The summed E-state index contributed by atoms with van der Waals surface area (Å²) in [5.41, 5.74) is 0.0598. The molecule has 0 aromatic heterocycles. The Kier molecular flexibility index (Phi) is 5.00. The van der Waals surface area contributed by atoms with Crippen LogP contribution in [0, 0.1) is 11.8 Å². The first-order chi connectivity index (χ1) is 10.2. The highest BCUT2D eigenvalue weighted by Gasteiger charge is 2.41. The molecule has 21 heavy (non-hydrogen) atoms. The summed E-state index contributed by atoms with van der Waals surface area (Å²) in [4.78, 5) is 12.6. The molecule has 0 radical (unpaired) electrons. The lowest BCUT2D eigenvalue weighted by molar-refractivity contribution is -0.145. The van der Waals surface area contributed by atoms with Gasteiger partial charge in [0.1, 0.15) is 5.78 Å². The Morgan fingerprint density at radius 3 is 2.71 bits per heavy atom. The number of hydrogen-bond donors (Lipinski definition) is 0. The van der Waals surface area contributed by atoms with Crippen molar-refractivity contribution in [1.82, 2.24) is 0 Å². The zero-order valence-corrected chi connectivity index (χ0v) is 13.4. The summed E-state index contributed by atoms with van der Waals surface area (Å²) in [7, 11) is 0. The van der Waals surface area contributed by atoms with Gasteiger partial charge in [-0.25, -0.2) is 0 Å². The molecule has 0 amide bonds. The van der Waals surface area contributed by atoms with E-state index in [-0.39, 0.29) is 11.5 Å². The van der Waals surface area contributed by atoms with Crippen LogP contribution in [0.4, 0.5) is 0 Å². The third kappa shape index (κ3) is 3.68. The average Bonchev–Trinajstić information content (AvgIpc) is 2.46. The minimum atomic E-state index is 0.0598. The van der Waals surface area contributed by atoms with Crippen LogP contribution in [-0.2, 0) is 14.3 Å². The molecule has 3 nitrogen and oxygen atoms in total. The van der Waals surface area contributed by atoms with E-state index in [2.05, 4.69) is 0 Å². The molecule has 0 aromatic carbocycles. The van der Waals surface area contributed by atoms with Gasteiger partial charge in [-0.3, -0.25) is 4.79 Å². The zero-order valence-electron chi connectivity index (χ0n) is 13.4. The molecular weight excluding hydrogens is 264 g/mol. The van der Waals surface area contributed by atoms with Crippen LogP contribution >= 0.6 is 0 Å². The molecule has 3 aliphatic rings. The minimum absolute atomic E-state index is 0.0598. The minimum Gasteiger partial charge on any atom is -0.378 e. The molecule has 3 fully saturated rings. The summed E-state index contributed by atoms with van der Waals surface area (Å²) in [6.07, 6.45) is 11.6. The largest absolute Gasteiger partial charge is 0.378 e. The Labute approximate surface area is 128 Å². The zero-order chi connectivity index (χ0) is 14.7. The molecule has 0 bridgehead atoms. The first-order valence-electron chi connectivity index (χ1n) is 8.99. The molecule has 1 aliphatic heterocycles. The predicted octanol–water partition coefficient (Wildman–Crippen LogP) is 3.89. The second-order valence-corrected chi connectivity index (χ2v) is 7.37. The van der Waals surface area contributed by atoms with Crippen LogP contribution in [0.2, 0.25) is 0 Å². The van der Waals surface area contributed by atoms with Crippen molar-refractivity contribution in [3.05, 3.63) is 0 Å². The molecule has 2 aliphatic carbocycles. The van der Waals surface area contributed by atoms with Crippen LogP contribution in [-0.4, -0.2) is 30.7 Å². The van der Waals surface area contributed by atoms with Crippen molar-refractivity contribution in [2.24, 2.45) is 11.8 Å². The first kappa shape index (κ1) is 15.5. The lowest BCUT2D eigenvalue weighted by Crippen LogP contribution is -2.44. The molecule has 0 aromatic rings. The molecule has 2 saturated carbocycles. The molecule has 120 valence electrons. The molecule has 1 heterocycles. The maximum absolute atomic E-state index is 12.6. The van der Waals surface area contributed by atoms with Crippen molar-refractivity contribution in [1.29, 1.82) is 0 Å². The smallest absolute Gasteiger partial charge is 0.136 e. The summed E-state index contributed by atoms with van der Waals surface area (Å²) in [6, 6.07) is 0. The van der Waals surface area contributed by atoms with E-state index in [1.807, 2.05) is 6.92 Å². The van der Waals surface area contributed by atoms with Crippen LogP contribution in [0.1, 0.15) is 71.1 Å². The van der Waals surface area contributed by atoms with Gasteiger partial charge in [0.25, 0.3) is 0 Å². The fourth-order valence-corrected chi connectivity index (χ4v) is 4.51. The van der Waals surface area contributed by atoms with Crippen LogP contribution in [0.25, 0.3) is 0 Å². The molecule has 1 saturated heterocycles. The Hall–Kier alpha value is -0.410. The van der Waals surface area contributed by atoms with E-state index in [0.29, 0.717) is 17.8 Å². The van der Waals surface area contributed by atoms with E-state index in [1.165, 1.54) is 32.1 Å². The Bertz CT molecular complexity index is 348. The van der Waals surface area contributed by atoms with Gasteiger partial charge in [0.2, 0.25) is 0 Å². The van der Waals surface area contributed by atoms with Crippen molar-refractivity contribution >= 4 is 5.78 Å². The van der Waals surface area contributed by atoms with Crippen LogP contribution in [0.5, 0.6) is 0 Å². The second kappa shape index (κ2) is 6.78. The van der Waals surface area contributed by atoms with Gasteiger partial charge in [-0.15, -0.1) is 0 Å². The summed E-state index contributed by atoms with van der Waals surface area (Å²) >= 11 is 0. The van der Waals surface area contributed by atoms with E-state index in [4.69, 9.17) is 9.47 Å². The monoisotopic (exact) mass is 294 g/mol. The normalized spacial score (nSPS) is 35.4. The van der Waals surface area contributed by atoms with Gasteiger partial charge in [0.05, 0.1) is 11.7 Å². The Balaban J connectivity index is 1.46. The van der Waals surface area contributed by atoms with Gasteiger partial charge in [0, 0.05) is 25.6 Å². The predicted molar refractivity (Wildman–Crippen MR) is 82.3 cm³/mol. The molecule has 3 heteroatoms. The van der Waals surface area contributed by atoms with Gasteiger partial charge >= 0.3 is 0 Å².